The first-order chi connectivity index (χ1) is 16.8. The second-order valence-corrected chi connectivity index (χ2v) is 12.8. The van der Waals surface area contributed by atoms with E-state index in [2.05, 4.69) is 65.1 Å². The number of carbonyl (C=O) groups excluding carboxylic acids is 2. The summed E-state index contributed by atoms with van der Waals surface area (Å²) in [6.07, 6.45) is 1.75. The Morgan fingerprint density at radius 3 is 2.22 bits per heavy atom. The zero-order valence-corrected chi connectivity index (χ0v) is 23.4. The van der Waals surface area contributed by atoms with Gasteiger partial charge in [-0.15, -0.1) is 0 Å². The molecule has 0 aliphatic carbocycles. The zero-order valence-electron chi connectivity index (χ0n) is 21.8. The van der Waals surface area contributed by atoms with Crippen molar-refractivity contribution in [3.8, 4) is 11.5 Å². The van der Waals surface area contributed by atoms with Crippen molar-refractivity contribution in [1.29, 1.82) is 0 Å². The van der Waals surface area contributed by atoms with Crippen molar-refractivity contribution in [3.05, 3.63) is 57.5 Å². The number of nitrogens with zero attached hydrogens (tertiary/aromatic N) is 1. The van der Waals surface area contributed by atoms with Gasteiger partial charge in [0.25, 0.3) is 11.8 Å². The zero-order chi connectivity index (χ0) is 26.4. The van der Waals surface area contributed by atoms with Crippen LogP contribution in [-0.4, -0.2) is 29.9 Å². The molecule has 8 heteroatoms. The molecule has 2 amide bonds. The Morgan fingerprint density at radius 2 is 1.69 bits per heavy atom. The number of anilines is 1. The number of nitrogens with one attached hydrogen (secondary N) is 1. The van der Waals surface area contributed by atoms with Gasteiger partial charge in [-0.2, -0.15) is 0 Å². The average Bonchev–Trinajstić information content (AvgIpc) is 3.10. The average molecular weight is 525 g/mol. The predicted molar refractivity (Wildman–Crippen MR) is 150 cm³/mol. The van der Waals surface area contributed by atoms with Crippen LogP contribution in [0, 0.1) is 0 Å². The monoisotopic (exact) mass is 524 g/mol. The number of methoxy groups -OCH3 is 1. The van der Waals surface area contributed by atoms with Crippen LogP contribution in [0.1, 0.15) is 63.8 Å². The molecule has 0 radical (unpaired) electrons. The summed E-state index contributed by atoms with van der Waals surface area (Å²) >= 11 is 6.32. The highest BCUT2D eigenvalue weighted by Crippen LogP contribution is 2.43. The molecule has 0 unspecified atom stereocenters. The minimum atomic E-state index is -0.237. The van der Waals surface area contributed by atoms with Crippen molar-refractivity contribution in [2.24, 2.45) is 0 Å². The van der Waals surface area contributed by atoms with Crippen LogP contribution in [0.15, 0.2) is 35.2 Å². The summed E-state index contributed by atoms with van der Waals surface area (Å²) in [4.78, 5) is 27.6. The van der Waals surface area contributed by atoms with Crippen LogP contribution >= 0.6 is 24.0 Å². The number of fused-ring (bicyclic) bond motifs is 1. The second-order valence-electron chi connectivity index (χ2n) is 11.1. The number of benzene rings is 2. The predicted octanol–water partition coefficient (Wildman–Crippen LogP) is 5.70. The minimum absolute atomic E-state index is 0.0361. The molecule has 2 aromatic carbocycles. The van der Waals surface area contributed by atoms with Gasteiger partial charge in [0.2, 0.25) is 0 Å². The van der Waals surface area contributed by atoms with E-state index in [0.717, 1.165) is 11.1 Å². The Morgan fingerprint density at radius 1 is 1.06 bits per heavy atom. The van der Waals surface area contributed by atoms with Gasteiger partial charge in [0.05, 0.1) is 24.2 Å². The van der Waals surface area contributed by atoms with Crippen molar-refractivity contribution in [3.63, 3.8) is 0 Å². The molecule has 1 fully saturated rings. The molecule has 6 nitrogen and oxygen atoms in total. The van der Waals surface area contributed by atoms with E-state index in [4.69, 9.17) is 21.7 Å². The molecule has 1 saturated heterocycles. The van der Waals surface area contributed by atoms with Crippen LogP contribution in [-0.2, 0) is 27.0 Å². The van der Waals surface area contributed by atoms with E-state index in [1.807, 2.05) is 6.07 Å². The van der Waals surface area contributed by atoms with Gasteiger partial charge in [-0.25, -0.2) is 0 Å². The van der Waals surface area contributed by atoms with Crippen molar-refractivity contribution >= 4 is 51.9 Å². The number of thioether (sulfide) groups is 1. The number of thiocarbonyl (C=S) groups is 1. The number of hydrogen-bond acceptors (Lipinski definition) is 6. The van der Waals surface area contributed by atoms with E-state index >= 15 is 0 Å². The second kappa shape index (κ2) is 9.56. The maximum absolute atomic E-state index is 13.1. The molecule has 36 heavy (non-hydrogen) atoms. The summed E-state index contributed by atoms with van der Waals surface area (Å²) < 4.78 is 11.8. The highest BCUT2D eigenvalue weighted by molar-refractivity contribution is 8.26. The summed E-state index contributed by atoms with van der Waals surface area (Å²) in [6, 6.07) is 10.3. The van der Waals surface area contributed by atoms with E-state index in [1.54, 1.807) is 24.2 Å². The Bertz CT molecular complexity index is 1250. The fourth-order valence-electron chi connectivity index (χ4n) is 4.11. The minimum Gasteiger partial charge on any atom is -0.493 e. The summed E-state index contributed by atoms with van der Waals surface area (Å²) in [6.45, 7) is 13.5. The molecule has 2 aliphatic heterocycles. The van der Waals surface area contributed by atoms with Gasteiger partial charge < -0.3 is 19.7 Å². The fraction of sp³-hybridized carbons (Fsp3) is 0.393. The summed E-state index contributed by atoms with van der Waals surface area (Å²) in [5.74, 6) is 0.643. The van der Waals surface area contributed by atoms with Crippen LogP contribution in [0.25, 0.3) is 6.08 Å². The van der Waals surface area contributed by atoms with Gasteiger partial charge in [0.15, 0.2) is 18.1 Å². The molecular formula is C28H32N2O4S2. The van der Waals surface area contributed by atoms with Gasteiger partial charge in [-0.05, 0) is 51.3 Å². The fourth-order valence-corrected chi connectivity index (χ4v) is 5.16. The third-order valence-electron chi connectivity index (χ3n) is 6.21. The normalized spacial score (nSPS) is 17.2. The van der Waals surface area contributed by atoms with Crippen molar-refractivity contribution in [2.45, 2.75) is 58.9 Å². The van der Waals surface area contributed by atoms with Gasteiger partial charge in [-0.1, -0.05) is 83.7 Å². The van der Waals surface area contributed by atoms with E-state index in [-0.39, 0.29) is 29.3 Å². The van der Waals surface area contributed by atoms with Crippen molar-refractivity contribution in [2.75, 3.05) is 18.6 Å². The molecule has 0 bridgehead atoms. The highest BCUT2D eigenvalue weighted by Gasteiger charge is 2.31. The molecule has 4 rings (SSSR count). The lowest BCUT2D eigenvalue weighted by Crippen LogP contribution is -2.38. The van der Waals surface area contributed by atoms with Crippen LogP contribution in [0.4, 0.5) is 5.69 Å². The van der Waals surface area contributed by atoms with Crippen molar-refractivity contribution in [1.82, 2.24) is 5.32 Å². The van der Waals surface area contributed by atoms with Gasteiger partial charge in [0, 0.05) is 0 Å². The molecule has 2 aromatic rings. The summed E-state index contributed by atoms with van der Waals surface area (Å²) in [5.41, 5.74) is 4.76. The lowest BCUT2D eigenvalue weighted by Gasteiger charge is -2.32. The number of amides is 2. The van der Waals surface area contributed by atoms with Crippen LogP contribution in [0.3, 0.4) is 0 Å². The Balaban J connectivity index is 1.80. The number of ether oxygens (including phenoxy) is 2. The van der Waals surface area contributed by atoms with Crippen LogP contribution in [0.2, 0.25) is 0 Å². The lowest BCUT2D eigenvalue weighted by molar-refractivity contribution is -0.121. The summed E-state index contributed by atoms with van der Waals surface area (Å²) in [5, 5.41) is 2.63. The molecule has 190 valence electrons. The molecule has 2 aliphatic rings. The quantitative estimate of drug-likeness (QED) is 0.409. The lowest BCUT2D eigenvalue weighted by atomic mass is 9.79. The third-order valence-corrected chi connectivity index (χ3v) is 7.38. The topological polar surface area (TPSA) is 67.9 Å². The standard InChI is InChI=1S/C28H32N2O4S2/c1-27(2,3)18-8-17(9-19(13-18)28(4,5)6)14-30-20-10-16(12-22-25(32)29-26(35)36-22)11-21(33-7)24(20)34-15-23(30)31/h8-13H,14-15H2,1-7H3,(H,29,32,35)/b22-12+. The van der Waals surface area contributed by atoms with Crippen molar-refractivity contribution < 1.29 is 19.1 Å². The summed E-state index contributed by atoms with van der Waals surface area (Å²) in [7, 11) is 1.56. The van der Waals surface area contributed by atoms with Crippen LogP contribution < -0.4 is 19.7 Å². The molecule has 0 atom stereocenters. The molecule has 0 saturated carbocycles. The van der Waals surface area contributed by atoms with Gasteiger partial charge >= 0.3 is 0 Å². The first kappa shape index (κ1) is 26.2. The number of hydrogen-bond donors (Lipinski definition) is 1. The number of carbonyl (C=O) groups is 2. The molecular weight excluding hydrogens is 492 g/mol. The molecule has 1 N–H and O–H groups in total. The van der Waals surface area contributed by atoms with Crippen LogP contribution in [0.5, 0.6) is 11.5 Å². The molecule has 0 aromatic heterocycles. The molecule has 2 heterocycles. The SMILES string of the molecule is COc1cc(/C=C2/SC(=S)NC2=O)cc2c1OCC(=O)N2Cc1cc(C(C)(C)C)cc(C(C)(C)C)c1. The van der Waals surface area contributed by atoms with E-state index in [1.165, 1.54) is 22.9 Å². The van der Waals surface area contributed by atoms with Gasteiger partial charge in [-0.3, -0.25) is 9.59 Å². The smallest absolute Gasteiger partial charge is 0.265 e. The van der Waals surface area contributed by atoms with Gasteiger partial charge in [0.1, 0.15) is 4.32 Å². The third kappa shape index (κ3) is 5.44. The molecule has 0 spiro atoms. The Hall–Kier alpha value is -2.84. The Kier molecular flexibility index (Phi) is 6.96. The first-order valence-corrected chi connectivity index (χ1v) is 13.0. The Labute approximate surface area is 222 Å². The number of rotatable bonds is 4. The maximum atomic E-state index is 13.1. The maximum Gasteiger partial charge on any atom is 0.265 e. The van der Waals surface area contributed by atoms with E-state index in [0.29, 0.717) is 33.0 Å². The van der Waals surface area contributed by atoms with E-state index < -0.39 is 0 Å². The first-order valence-electron chi connectivity index (χ1n) is 11.8. The largest absolute Gasteiger partial charge is 0.493 e. The highest BCUT2D eigenvalue weighted by atomic mass is 32.2. The van der Waals surface area contributed by atoms with E-state index in [9.17, 15) is 9.59 Å².